The predicted octanol–water partition coefficient (Wildman–Crippen LogP) is 4.65. The van der Waals surface area contributed by atoms with Crippen molar-refractivity contribution in [3.8, 4) is 0 Å². The minimum atomic E-state index is 0.752. The van der Waals surface area contributed by atoms with Crippen LogP contribution in [0.2, 0.25) is 5.02 Å². The number of pyridine rings is 1. The van der Waals surface area contributed by atoms with Gasteiger partial charge in [-0.25, -0.2) is 0 Å². The fourth-order valence-electron chi connectivity index (χ4n) is 2.58. The Morgan fingerprint density at radius 3 is 2.64 bits per heavy atom. The quantitative estimate of drug-likeness (QED) is 0.667. The third-order valence-corrected chi connectivity index (χ3v) is 3.89. The van der Waals surface area contributed by atoms with Gasteiger partial charge in [-0.15, -0.1) is 0 Å². The summed E-state index contributed by atoms with van der Waals surface area (Å²) in [7, 11) is 0. The molecule has 0 unspecified atom stereocenters. The lowest BCUT2D eigenvalue weighted by atomic mass is 10.1. The second-order valence-corrected chi connectivity index (χ2v) is 5.79. The zero-order valence-corrected chi connectivity index (χ0v) is 13.4. The highest BCUT2D eigenvalue weighted by atomic mass is 35.5. The van der Waals surface area contributed by atoms with Gasteiger partial charge < -0.3 is 4.57 Å². The van der Waals surface area contributed by atoms with E-state index in [1.165, 1.54) is 5.56 Å². The monoisotopic (exact) mass is 310 g/mol. The summed E-state index contributed by atoms with van der Waals surface area (Å²) in [5.74, 6) is 0. The summed E-state index contributed by atoms with van der Waals surface area (Å²) in [5.41, 5.74) is 2.39. The van der Waals surface area contributed by atoms with E-state index >= 15 is 0 Å². The first-order chi connectivity index (χ1) is 10.8. The molecule has 0 saturated carbocycles. The van der Waals surface area contributed by atoms with Gasteiger partial charge in [0.05, 0.1) is 10.9 Å². The van der Waals surface area contributed by atoms with Crippen LogP contribution in [0.25, 0.3) is 10.9 Å². The number of fused-ring (bicyclic) bond motifs is 1. The maximum Gasteiger partial charge on any atom is 0.0682 e. The number of benzene rings is 2. The highest BCUT2D eigenvalue weighted by Crippen LogP contribution is 2.18. The number of nitrogens with zero attached hydrogens (tertiary/aromatic N) is 2. The van der Waals surface area contributed by atoms with Gasteiger partial charge in [0.25, 0.3) is 0 Å². The second-order valence-electron chi connectivity index (χ2n) is 5.36. The number of hydrogen-bond acceptors (Lipinski definition) is 1. The smallest absolute Gasteiger partial charge is 0.0682 e. The summed E-state index contributed by atoms with van der Waals surface area (Å²) in [4.78, 5) is 4.67. The Morgan fingerprint density at radius 2 is 1.86 bits per heavy atom. The van der Waals surface area contributed by atoms with E-state index in [2.05, 4.69) is 59.1 Å². The maximum atomic E-state index is 6.21. The number of rotatable bonds is 4. The Balaban J connectivity index is 2.13. The average molecular weight is 311 g/mol. The number of halogens is 1. The predicted molar refractivity (Wildman–Crippen MR) is 93.2 cm³/mol. The second kappa shape index (κ2) is 6.80. The van der Waals surface area contributed by atoms with Gasteiger partial charge in [0, 0.05) is 29.7 Å². The first-order valence-electron chi connectivity index (χ1n) is 7.61. The van der Waals surface area contributed by atoms with Gasteiger partial charge in [-0.3, -0.25) is 4.99 Å². The summed E-state index contributed by atoms with van der Waals surface area (Å²) < 4.78 is 2.22. The van der Waals surface area contributed by atoms with Crippen LogP contribution in [0.3, 0.4) is 0 Å². The van der Waals surface area contributed by atoms with Crippen molar-refractivity contribution in [3.63, 3.8) is 0 Å². The lowest BCUT2D eigenvalue weighted by Crippen LogP contribution is -2.11. The van der Waals surface area contributed by atoms with Crippen molar-refractivity contribution < 1.29 is 0 Å². The van der Waals surface area contributed by atoms with Crippen LogP contribution in [0.15, 0.2) is 65.8 Å². The molecule has 0 aliphatic rings. The van der Waals surface area contributed by atoms with Gasteiger partial charge in [0.2, 0.25) is 0 Å². The highest BCUT2D eigenvalue weighted by molar-refractivity contribution is 6.31. The van der Waals surface area contributed by atoms with Crippen LogP contribution in [-0.4, -0.2) is 11.1 Å². The van der Waals surface area contributed by atoms with Crippen LogP contribution in [0.4, 0.5) is 0 Å². The van der Waals surface area contributed by atoms with Gasteiger partial charge in [0.15, 0.2) is 0 Å². The topological polar surface area (TPSA) is 17.3 Å². The first-order valence-corrected chi connectivity index (χ1v) is 7.99. The summed E-state index contributed by atoms with van der Waals surface area (Å²) in [6, 6.07) is 18.5. The summed E-state index contributed by atoms with van der Waals surface area (Å²) >= 11 is 6.21. The molecule has 0 radical (unpaired) electrons. The molecule has 22 heavy (non-hydrogen) atoms. The summed E-state index contributed by atoms with van der Waals surface area (Å²) in [6.07, 6.45) is 3.15. The Kier molecular flexibility index (Phi) is 4.59. The molecule has 0 saturated heterocycles. The molecule has 0 bridgehead atoms. The van der Waals surface area contributed by atoms with Gasteiger partial charge in [-0.05, 0) is 36.2 Å². The van der Waals surface area contributed by atoms with Crippen LogP contribution in [0, 0.1) is 0 Å². The van der Waals surface area contributed by atoms with Crippen LogP contribution < -0.4 is 5.36 Å². The SMILES string of the molecule is CCC/N=c1\ccn(Cc2ccccc2)c2cc(Cl)ccc12. The third kappa shape index (κ3) is 3.23. The van der Waals surface area contributed by atoms with E-state index in [9.17, 15) is 0 Å². The molecule has 0 aliphatic carbocycles. The minimum absolute atomic E-state index is 0.752. The highest BCUT2D eigenvalue weighted by Gasteiger charge is 2.03. The van der Waals surface area contributed by atoms with Crippen molar-refractivity contribution in [1.29, 1.82) is 0 Å². The Labute approximate surface area is 135 Å². The van der Waals surface area contributed by atoms with Crippen molar-refractivity contribution in [1.82, 2.24) is 4.57 Å². The van der Waals surface area contributed by atoms with Gasteiger partial charge in [-0.1, -0.05) is 48.9 Å². The lowest BCUT2D eigenvalue weighted by Gasteiger charge is -2.12. The average Bonchev–Trinajstić information content (AvgIpc) is 2.55. The molecule has 1 aromatic heterocycles. The third-order valence-electron chi connectivity index (χ3n) is 3.66. The standard InChI is InChI=1S/C19H19ClN2/c1-2-11-21-18-10-12-22(14-15-6-4-3-5-7-15)19-13-16(20)8-9-17(18)19/h3-10,12-13H,2,11,14H2,1H3/b21-18+. The molecular formula is C19H19ClN2. The van der Waals surface area contributed by atoms with Gasteiger partial charge in [-0.2, -0.15) is 0 Å². The molecule has 0 N–H and O–H groups in total. The maximum absolute atomic E-state index is 6.21. The van der Waals surface area contributed by atoms with Crippen molar-refractivity contribution >= 4 is 22.5 Å². The Morgan fingerprint density at radius 1 is 1.05 bits per heavy atom. The molecule has 3 heteroatoms. The van der Waals surface area contributed by atoms with Crippen LogP contribution in [-0.2, 0) is 6.54 Å². The van der Waals surface area contributed by atoms with E-state index in [1.807, 2.05) is 18.2 Å². The van der Waals surface area contributed by atoms with Crippen molar-refractivity contribution in [3.05, 3.63) is 76.7 Å². The first kappa shape index (κ1) is 14.9. The zero-order chi connectivity index (χ0) is 15.4. The largest absolute Gasteiger partial charge is 0.343 e. The van der Waals surface area contributed by atoms with E-state index < -0.39 is 0 Å². The van der Waals surface area contributed by atoms with Crippen LogP contribution >= 0.6 is 11.6 Å². The molecule has 0 atom stereocenters. The van der Waals surface area contributed by atoms with Gasteiger partial charge >= 0.3 is 0 Å². The molecule has 0 amide bonds. The van der Waals surface area contributed by atoms with E-state index in [4.69, 9.17) is 11.6 Å². The Bertz CT molecular complexity index is 835. The molecule has 2 nitrogen and oxygen atoms in total. The van der Waals surface area contributed by atoms with E-state index in [0.717, 1.165) is 40.8 Å². The fourth-order valence-corrected chi connectivity index (χ4v) is 2.74. The van der Waals surface area contributed by atoms with E-state index in [1.54, 1.807) is 0 Å². The zero-order valence-electron chi connectivity index (χ0n) is 12.7. The molecule has 3 aromatic rings. The molecule has 0 aliphatic heterocycles. The molecule has 2 aromatic carbocycles. The minimum Gasteiger partial charge on any atom is -0.343 e. The van der Waals surface area contributed by atoms with Crippen LogP contribution in [0.5, 0.6) is 0 Å². The van der Waals surface area contributed by atoms with Crippen molar-refractivity contribution in [2.45, 2.75) is 19.9 Å². The summed E-state index contributed by atoms with van der Waals surface area (Å²) in [6.45, 7) is 3.81. The molecule has 112 valence electrons. The van der Waals surface area contributed by atoms with Crippen molar-refractivity contribution in [2.24, 2.45) is 4.99 Å². The Hall–Kier alpha value is -2.06. The lowest BCUT2D eigenvalue weighted by molar-refractivity contribution is 0.822. The normalized spacial score (nSPS) is 12.0. The van der Waals surface area contributed by atoms with Crippen LogP contribution in [0.1, 0.15) is 18.9 Å². The molecule has 0 fully saturated rings. The molecule has 3 rings (SSSR count). The molecular weight excluding hydrogens is 292 g/mol. The molecule has 0 spiro atoms. The summed E-state index contributed by atoms with van der Waals surface area (Å²) in [5, 5.41) is 2.94. The van der Waals surface area contributed by atoms with E-state index in [-0.39, 0.29) is 0 Å². The van der Waals surface area contributed by atoms with E-state index in [0.29, 0.717) is 0 Å². The molecule has 1 heterocycles. The number of hydrogen-bond donors (Lipinski definition) is 0. The van der Waals surface area contributed by atoms with Gasteiger partial charge in [0.1, 0.15) is 0 Å². The fraction of sp³-hybridized carbons (Fsp3) is 0.211. The van der Waals surface area contributed by atoms with Crippen molar-refractivity contribution in [2.75, 3.05) is 6.54 Å². The number of aromatic nitrogens is 1.